The summed E-state index contributed by atoms with van der Waals surface area (Å²) in [6, 6.07) is 2.08. The van der Waals surface area contributed by atoms with Gasteiger partial charge in [0.15, 0.2) is 0 Å². The van der Waals surface area contributed by atoms with Gasteiger partial charge in [0, 0.05) is 19.3 Å². The van der Waals surface area contributed by atoms with Crippen molar-refractivity contribution in [1.82, 2.24) is 15.1 Å². The third-order valence-corrected chi connectivity index (χ3v) is 2.55. The molecule has 3 nitrogen and oxygen atoms in total. The Labute approximate surface area is 92.9 Å². The van der Waals surface area contributed by atoms with Crippen LogP contribution in [0, 0.1) is 5.92 Å². The first-order valence-corrected chi connectivity index (χ1v) is 5.95. The highest BCUT2D eigenvalue weighted by Gasteiger charge is 1.99. The van der Waals surface area contributed by atoms with Gasteiger partial charge >= 0.3 is 0 Å². The van der Waals surface area contributed by atoms with Crippen molar-refractivity contribution in [3.05, 3.63) is 18.0 Å². The summed E-state index contributed by atoms with van der Waals surface area (Å²) in [5.74, 6) is 0.813. The van der Waals surface area contributed by atoms with Crippen molar-refractivity contribution in [3.63, 3.8) is 0 Å². The molecule has 0 spiro atoms. The summed E-state index contributed by atoms with van der Waals surface area (Å²) in [5.41, 5.74) is 1.28. The van der Waals surface area contributed by atoms with E-state index in [2.05, 4.69) is 37.3 Å². The van der Waals surface area contributed by atoms with Crippen LogP contribution in [-0.2, 0) is 13.1 Å². The predicted octanol–water partition coefficient (Wildman–Crippen LogP) is 2.43. The van der Waals surface area contributed by atoms with E-state index in [0.29, 0.717) is 0 Å². The van der Waals surface area contributed by atoms with Crippen LogP contribution in [0.3, 0.4) is 0 Å². The second-order valence-corrected chi connectivity index (χ2v) is 4.35. The van der Waals surface area contributed by atoms with E-state index < -0.39 is 0 Å². The lowest BCUT2D eigenvalue weighted by molar-refractivity contribution is 0.516. The zero-order valence-corrected chi connectivity index (χ0v) is 10.2. The average molecular weight is 209 g/mol. The summed E-state index contributed by atoms with van der Waals surface area (Å²) in [4.78, 5) is 0. The zero-order valence-electron chi connectivity index (χ0n) is 10.2. The normalized spacial score (nSPS) is 11.2. The summed E-state index contributed by atoms with van der Waals surface area (Å²) in [7, 11) is 0. The minimum Gasteiger partial charge on any atom is -0.311 e. The lowest BCUT2D eigenvalue weighted by atomic mass is 10.1. The highest BCUT2D eigenvalue weighted by Crippen LogP contribution is 2.02. The maximum Gasteiger partial charge on any atom is 0.0521 e. The molecule has 1 aromatic rings. The molecule has 0 atom stereocenters. The molecule has 1 rings (SSSR count). The average Bonchev–Trinajstić information content (AvgIpc) is 2.64. The lowest BCUT2D eigenvalue weighted by Crippen LogP contribution is -2.18. The van der Waals surface area contributed by atoms with Crippen molar-refractivity contribution in [2.45, 2.75) is 46.7 Å². The van der Waals surface area contributed by atoms with E-state index in [9.17, 15) is 0 Å². The van der Waals surface area contributed by atoms with Crippen LogP contribution < -0.4 is 5.32 Å². The van der Waals surface area contributed by atoms with Crippen LogP contribution in [0.1, 0.15) is 39.3 Å². The third-order valence-electron chi connectivity index (χ3n) is 2.55. The fourth-order valence-electron chi connectivity index (χ4n) is 1.65. The Morgan fingerprint density at radius 1 is 1.47 bits per heavy atom. The quantitative estimate of drug-likeness (QED) is 0.699. The molecular weight excluding hydrogens is 186 g/mol. The number of nitrogens with one attached hydrogen (secondary N) is 1. The molecule has 0 aliphatic carbocycles. The maximum atomic E-state index is 4.24. The Morgan fingerprint density at radius 2 is 2.27 bits per heavy atom. The van der Waals surface area contributed by atoms with Gasteiger partial charge in [0.2, 0.25) is 0 Å². The van der Waals surface area contributed by atoms with Crippen molar-refractivity contribution < 1.29 is 0 Å². The summed E-state index contributed by atoms with van der Waals surface area (Å²) >= 11 is 0. The van der Waals surface area contributed by atoms with E-state index in [-0.39, 0.29) is 0 Å². The Morgan fingerprint density at radius 3 is 2.93 bits per heavy atom. The van der Waals surface area contributed by atoms with E-state index in [4.69, 9.17) is 0 Å². The highest BCUT2D eigenvalue weighted by molar-refractivity contribution is 4.99. The number of nitrogens with zero attached hydrogens (tertiary/aromatic N) is 2. The van der Waals surface area contributed by atoms with Gasteiger partial charge in [-0.15, -0.1) is 0 Å². The number of aromatic nitrogens is 2. The first-order valence-electron chi connectivity index (χ1n) is 5.95. The van der Waals surface area contributed by atoms with Gasteiger partial charge < -0.3 is 5.32 Å². The Kier molecular flexibility index (Phi) is 5.40. The molecule has 0 unspecified atom stereocenters. The molecule has 86 valence electrons. The molecule has 1 aromatic heterocycles. The molecule has 0 aliphatic rings. The van der Waals surface area contributed by atoms with Gasteiger partial charge in [-0.1, -0.05) is 13.8 Å². The van der Waals surface area contributed by atoms with Crippen molar-refractivity contribution in [2.24, 2.45) is 5.92 Å². The molecule has 0 fully saturated rings. The van der Waals surface area contributed by atoms with Crippen LogP contribution in [-0.4, -0.2) is 16.3 Å². The molecule has 0 bridgehead atoms. The molecule has 1 heterocycles. The molecule has 15 heavy (non-hydrogen) atoms. The number of rotatable bonds is 7. The molecular formula is C12H23N3. The smallest absolute Gasteiger partial charge is 0.0521 e. The van der Waals surface area contributed by atoms with Crippen LogP contribution in [0.25, 0.3) is 0 Å². The number of hydrogen-bond acceptors (Lipinski definition) is 2. The molecule has 1 N–H and O–H groups in total. The summed E-state index contributed by atoms with van der Waals surface area (Å²) in [6.07, 6.45) is 4.44. The van der Waals surface area contributed by atoms with Crippen LogP contribution in [0.15, 0.2) is 12.3 Å². The SMILES string of the molecule is CCn1nccc1CNCCCC(C)C. The zero-order chi connectivity index (χ0) is 11.1. The lowest BCUT2D eigenvalue weighted by Gasteiger charge is -2.07. The number of aryl methyl sites for hydroxylation is 1. The first kappa shape index (κ1) is 12.2. The van der Waals surface area contributed by atoms with Gasteiger partial charge in [-0.25, -0.2) is 0 Å². The molecule has 0 saturated carbocycles. The summed E-state index contributed by atoms with van der Waals surface area (Å²) in [6.45, 7) is 9.66. The molecule has 0 saturated heterocycles. The monoisotopic (exact) mass is 209 g/mol. The molecule has 0 aromatic carbocycles. The minimum atomic E-state index is 0.813. The second-order valence-electron chi connectivity index (χ2n) is 4.35. The van der Waals surface area contributed by atoms with Gasteiger partial charge in [-0.2, -0.15) is 5.10 Å². The van der Waals surface area contributed by atoms with E-state index in [1.165, 1.54) is 18.5 Å². The van der Waals surface area contributed by atoms with E-state index in [1.807, 2.05) is 10.9 Å². The fraction of sp³-hybridized carbons (Fsp3) is 0.750. The second kappa shape index (κ2) is 6.62. The van der Waals surface area contributed by atoms with Crippen molar-refractivity contribution in [3.8, 4) is 0 Å². The van der Waals surface area contributed by atoms with Gasteiger partial charge in [-0.05, 0) is 38.3 Å². The Hall–Kier alpha value is -0.830. The van der Waals surface area contributed by atoms with Crippen LogP contribution in [0.5, 0.6) is 0 Å². The topological polar surface area (TPSA) is 29.9 Å². The summed E-state index contributed by atoms with van der Waals surface area (Å²) in [5, 5.41) is 7.70. The van der Waals surface area contributed by atoms with E-state index in [1.54, 1.807) is 0 Å². The predicted molar refractivity (Wildman–Crippen MR) is 63.7 cm³/mol. The maximum absolute atomic E-state index is 4.24. The van der Waals surface area contributed by atoms with Gasteiger partial charge in [0.1, 0.15) is 0 Å². The van der Waals surface area contributed by atoms with Gasteiger partial charge in [0.05, 0.1) is 5.69 Å². The molecule has 3 heteroatoms. The highest BCUT2D eigenvalue weighted by atomic mass is 15.3. The molecule has 0 radical (unpaired) electrons. The van der Waals surface area contributed by atoms with Gasteiger partial charge in [-0.3, -0.25) is 4.68 Å². The largest absolute Gasteiger partial charge is 0.311 e. The van der Waals surface area contributed by atoms with Crippen LogP contribution >= 0.6 is 0 Å². The standard InChI is InChI=1S/C12H23N3/c1-4-15-12(7-9-14-15)10-13-8-5-6-11(2)3/h7,9,11,13H,4-6,8,10H2,1-3H3. The Balaban J connectivity index is 2.15. The van der Waals surface area contributed by atoms with Crippen molar-refractivity contribution in [2.75, 3.05) is 6.54 Å². The fourth-order valence-corrected chi connectivity index (χ4v) is 1.65. The third kappa shape index (κ3) is 4.47. The van der Waals surface area contributed by atoms with Crippen LogP contribution in [0.2, 0.25) is 0 Å². The van der Waals surface area contributed by atoms with Crippen molar-refractivity contribution in [1.29, 1.82) is 0 Å². The van der Waals surface area contributed by atoms with E-state index in [0.717, 1.165) is 25.6 Å². The van der Waals surface area contributed by atoms with Gasteiger partial charge in [0.25, 0.3) is 0 Å². The minimum absolute atomic E-state index is 0.813. The summed E-state index contributed by atoms with van der Waals surface area (Å²) < 4.78 is 2.04. The molecule has 0 aliphatic heterocycles. The molecule has 0 amide bonds. The van der Waals surface area contributed by atoms with Crippen molar-refractivity contribution >= 4 is 0 Å². The van der Waals surface area contributed by atoms with E-state index >= 15 is 0 Å². The number of hydrogen-bond donors (Lipinski definition) is 1. The van der Waals surface area contributed by atoms with Crippen LogP contribution in [0.4, 0.5) is 0 Å². The Bertz CT molecular complexity index is 266. The first-order chi connectivity index (χ1) is 7.24.